The Balaban J connectivity index is 1.85. The van der Waals surface area contributed by atoms with Crippen LogP contribution >= 0.6 is 11.6 Å². The zero-order valence-electron chi connectivity index (χ0n) is 9.70. The maximum atomic E-state index is 5.85. The Morgan fingerprint density at radius 2 is 1.59 bits per heavy atom. The molecule has 2 rings (SSSR count). The lowest BCUT2D eigenvalue weighted by molar-refractivity contribution is 0.821. The molecule has 0 saturated heterocycles. The highest BCUT2D eigenvalue weighted by molar-refractivity contribution is 6.30. The van der Waals surface area contributed by atoms with Crippen LogP contribution in [0.15, 0.2) is 48.5 Å². The molecule has 0 amide bonds. The summed E-state index contributed by atoms with van der Waals surface area (Å²) in [4.78, 5) is 0. The van der Waals surface area contributed by atoms with Crippen molar-refractivity contribution < 1.29 is 0 Å². The number of nitrogen functional groups attached to an aromatic ring is 1. The van der Waals surface area contributed by atoms with Crippen LogP contribution in [0.1, 0.15) is 17.5 Å². The number of halogens is 1. The van der Waals surface area contributed by atoms with Crippen molar-refractivity contribution in [1.82, 2.24) is 0 Å². The van der Waals surface area contributed by atoms with Crippen LogP contribution in [0.5, 0.6) is 0 Å². The minimum absolute atomic E-state index is 0.796. The van der Waals surface area contributed by atoms with Crippen molar-refractivity contribution in [1.29, 1.82) is 0 Å². The van der Waals surface area contributed by atoms with Crippen LogP contribution in [0.25, 0.3) is 0 Å². The molecule has 17 heavy (non-hydrogen) atoms. The molecule has 0 unspecified atom stereocenters. The second-order valence-electron chi connectivity index (χ2n) is 4.23. The molecule has 0 aliphatic rings. The Morgan fingerprint density at radius 1 is 0.882 bits per heavy atom. The average molecular weight is 246 g/mol. The quantitative estimate of drug-likeness (QED) is 0.807. The van der Waals surface area contributed by atoms with Gasteiger partial charge in [-0.15, -0.1) is 0 Å². The minimum Gasteiger partial charge on any atom is -0.399 e. The van der Waals surface area contributed by atoms with Crippen LogP contribution in [0.2, 0.25) is 5.02 Å². The summed E-state index contributed by atoms with van der Waals surface area (Å²) in [5.74, 6) is 0. The van der Waals surface area contributed by atoms with Gasteiger partial charge in [-0.25, -0.2) is 0 Å². The first-order valence-corrected chi connectivity index (χ1v) is 6.21. The maximum Gasteiger partial charge on any atom is 0.0406 e. The molecular formula is C15H16ClN. The topological polar surface area (TPSA) is 26.0 Å². The van der Waals surface area contributed by atoms with Gasteiger partial charge in [-0.1, -0.05) is 35.9 Å². The monoisotopic (exact) mass is 245 g/mol. The number of anilines is 1. The van der Waals surface area contributed by atoms with Gasteiger partial charge < -0.3 is 5.73 Å². The molecule has 0 atom stereocenters. The van der Waals surface area contributed by atoms with Gasteiger partial charge in [0.05, 0.1) is 0 Å². The Morgan fingerprint density at radius 3 is 2.29 bits per heavy atom. The third-order valence-electron chi connectivity index (χ3n) is 2.80. The van der Waals surface area contributed by atoms with Crippen molar-refractivity contribution in [2.75, 3.05) is 5.73 Å². The number of rotatable bonds is 4. The molecule has 88 valence electrons. The van der Waals surface area contributed by atoms with Crippen molar-refractivity contribution in [2.45, 2.75) is 19.3 Å². The van der Waals surface area contributed by atoms with E-state index in [2.05, 4.69) is 18.2 Å². The van der Waals surface area contributed by atoms with Gasteiger partial charge in [-0.05, 0) is 54.7 Å². The van der Waals surface area contributed by atoms with Crippen molar-refractivity contribution in [3.05, 3.63) is 64.7 Å². The summed E-state index contributed by atoms with van der Waals surface area (Å²) in [6, 6.07) is 16.1. The van der Waals surface area contributed by atoms with Gasteiger partial charge in [-0.2, -0.15) is 0 Å². The lowest BCUT2D eigenvalue weighted by Crippen LogP contribution is -1.92. The molecule has 2 aromatic carbocycles. The van der Waals surface area contributed by atoms with Gasteiger partial charge >= 0.3 is 0 Å². The standard InChI is InChI=1S/C15H16ClN/c16-14-9-7-12(8-10-14)3-1-4-13-5-2-6-15(17)11-13/h2,5-11H,1,3-4,17H2. The van der Waals surface area contributed by atoms with E-state index in [0.29, 0.717) is 0 Å². The highest BCUT2D eigenvalue weighted by atomic mass is 35.5. The summed E-state index contributed by atoms with van der Waals surface area (Å²) in [6.07, 6.45) is 3.27. The third-order valence-corrected chi connectivity index (χ3v) is 3.05. The van der Waals surface area contributed by atoms with E-state index in [0.717, 1.165) is 30.0 Å². The molecule has 0 aromatic heterocycles. The normalized spacial score (nSPS) is 10.4. The van der Waals surface area contributed by atoms with Crippen LogP contribution in [-0.2, 0) is 12.8 Å². The number of hydrogen-bond donors (Lipinski definition) is 1. The van der Waals surface area contributed by atoms with E-state index in [1.807, 2.05) is 30.3 Å². The molecule has 1 nitrogen and oxygen atoms in total. The molecule has 2 aromatic rings. The van der Waals surface area contributed by atoms with Crippen LogP contribution in [0.3, 0.4) is 0 Å². The van der Waals surface area contributed by atoms with Crippen LogP contribution in [0.4, 0.5) is 5.69 Å². The van der Waals surface area contributed by atoms with E-state index in [1.54, 1.807) is 0 Å². The zero-order valence-corrected chi connectivity index (χ0v) is 10.5. The van der Waals surface area contributed by atoms with E-state index in [1.165, 1.54) is 11.1 Å². The first-order chi connectivity index (χ1) is 8.24. The first kappa shape index (κ1) is 12.0. The summed E-state index contributed by atoms with van der Waals surface area (Å²) in [7, 11) is 0. The Kier molecular flexibility index (Phi) is 4.05. The van der Waals surface area contributed by atoms with E-state index >= 15 is 0 Å². The van der Waals surface area contributed by atoms with Crippen LogP contribution in [-0.4, -0.2) is 0 Å². The lowest BCUT2D eigenvalue weighted by atomic mass is 10.0. The van der Waals surface area contributed by atoms with Gasteiger partial charge in [0.25, 0.3) is 0 Å². The Bertz CT molecular complexity index is 477. The van der Waals surface area contributed by atoms with Gasteiger partial charge in [-0.3, -0.25) is 0 Å². The largest absolute Gasteiger partial charge is 0.399 e. The summed E-state index contributed by atoms with van der Waals surface area (Å²) in [5.41, 5.74) is 9.22. The highest BCUT2D eigenvalue weighted by Crippen LogP contribution is 2.13. The van der Waals surface area contributed by atoms with E-state index < -0.39 is 0 Å². The smallest absolute Gasteiger partial charge is 0.0406 e. The lowest BCUT2D eigenvalue weighted by Gasteiger charge is -2.03. The molecule has 0 fully saturated rings. The predicted molar refractivity (Wildman–Crippen MR) is 74.3 cm³/mol. The molecule has 0 spiro atoms. The molecule has 2 heteroatoms. The molecule has 0 heterocycles. The molecule has 0 bridgehead atoms. The van der Waals surface area contributed by atoms with Gasteiger partial charge in [0.2, 0.25) is 0 Å². The fourth-order valence-electron chi connectivity index (χ4n) is 1.90. The van der Waals surface area contributed by atoms with Gasteiger partial charge in [0.15, 0.2) is 0 Å². The average Bonchev–Trinajstić information content (AvgIpc) is 2.32. The van der Waals surface area contributed by atoms with Crippen molar-refractivity contribution in [3.63, 3.8) is 0 Å². The van der Waals surface area contributed by atoms with Crippen molar-refractivity contribution >= 4 is 17.3 Å². The van der Waals surface area contributed by atoms with E-state index in [9.17, 15) is 0 Å². The Hall–Kier alpha value is -1.47. The molecule has 2 N–H and O–H groups in total. The Labute approximate surface area is 107 Å². The fraction of sp³-hybridized carbons (Fsp3) is 0.200. The summed E-state index contributed by atoms with van der Waals surface area (Å²) < 4.78 is 0. The molecule has 0 saturated carbocycles. The third kappa shape index (κ3) is 3.79. The number of benzene rings is 2. The second-order valence-corrected chi connectivity index (χ2v) is 4.66. The predicted octanol–water partition coefficient (Wildman–Crippen LogP) is 4.10. The van der Waals surface area contributed by atoms with Crippen molar-refractivity contribution in [2.24, 2.45) is 0 Å². The maximum absolute atomic E-state index is 5.85. The van der Waals surface area contributed by atoms with Crippen LogP contribution in [0, 0.1) is 0 Å². The van der Waals surface area contributed by atoms with E-state index in [4.69, 9.17) is 17.3 Å². The minimum atomic E-state index is 0.796. The molecular weight excluding hydrogens is 230 g/mol. The first-order valence-electron chi connectivity index (χ1n) is 5.83. The van der Waals surface area contributed by atoms with E-state index in [-0.39, 0.29) is 0 Å². The molecule has 0 aliphatic heterocycles. The number of hydrogen-bond acceptors (Lipinski definition) is 1. The summed E-state index contributed by atoms with van der Waals surface area (Å²) >= 11 is 5.85. The second kappa shape index (κ2) is 5.74. The number of nitrogens with two attached hydrogens (primary N) is 1. The van der Waals surface area contributed by atoms with Gasteiger partial charge in [0.1, 0.15) is 0 Å². The molecule has 0 aliphatic carbocycles. The summed E-state index contributed by atoms with van der Waals surface area (Å²) in [5, 5.41) is 0.796. The zero-order chi connectivity index (χ0) is 12.1. The SMILES string of the molecule is Nc1cccc(CCCc2ccc(Cl)cc2)c1. The van der Waals surface area contributed by atoms with Gasteiger partial charge in [0, 0.05) is 10.7 Å². The fourth-order valence-corrected chi connectivity index (χ4v) is 2.02. The van der Waals surface area contributed by atoms with Crippen molar-refractivity contribution in [3.8, 4) is 0 Å². The highest BCUT2D eigenvalue weighted by Gasteiger charge is 1.96. The van der Waals surface area contributed by atoms with Crippen LogP contribution < -0.4 is 5.73 Å². The summed E-state index contributed by atoms with van der Waals surface area (Å²) in [6.45, 7) is 0. The molecule has 0 radical (unpaired) electrons. The number of aryl methyl sites for hydroxylation is 2.